The van der Waals surface area contributed by atoms with Crippen molar-refractivity contribution in [1.29, 1.82) is 0 Å². The van der Waals surface area contributed by atoms with E-state index >= 15 is 0 Å². The number of carbonyl (C=O) groups excluding carboxylic acids is 1. The topological polar surface area (TPSA) is 107 Å². The quantitative estimate of drug-likeness (QED) is 0.456. The van der Waals surface area contributed by atoms with E-state index in [0.29, 0.717) is 0 Å². The van der Waals surface area contributed by atoms with Gasteiger partial charge < -0.3 is 10.5 Å². The molecule has 0 aromatic heterocycles. The first-order valence-electron chi connectivity index (χ1n) is 2.65. The molecule has 0 amide bonds. The van der Waals surface area contributed by atoms with E-state index in [0.717, 1.165) is 7.11 Å². The normalized spacial score (nSPS) is 12.9. The van der Waals surface area contributed by atoms with E-state index in [2.05, 4.69) is 4.74 Å². The second-order valence-electron chi connectivity index (χ2n) is 1.88. The minimum Gasteiger partial charge on any atom is -0.468 e. The lowest BCUT2D eigenvalue weighted by Crippen LogP contribution is -2.38. The van der Waals surface area contributed by atoms with Gasteiger partial charge in [-0.15, -0.1) is 12.4 Å². The molecular formula is C4H10ClNO5S. The zero-order valence-electron chi connectivity index (χ0n) is 6.26. The first-order valence-corrected chi connectivity index (χ1v) is 4.26. The Labute approximate surface area is 76.2 Å². The molecule has 0 spiro atoms. The molecule has 3 N–H and O–H groups in total. The van der Waals surface area contributed by atoms with Gasteiger partial charge in [-0.1, -0.05) is 0 Å². The lowest BCUT2D eigenvalue weighted by atomic mass is 10.4. The van der Waals surface area contributed by atoms with Crippen LogP contribution < -0.4 is 5.73 Å². The molecule has 0 aromatic carbocycles. The predicted molar refractivity (Wildman–Crippen MR) is 43.7 cm³/mol. The van der Waals surface area contributed by atoms with Gasteiger partial charge >= 0.3 is 5.97 Å². The maximum absolute atomic E-state index is 10.5. The molecule has 0 bridgehead atoms. The summed E-state index contributed by atoms with van der Waals surface area (Å²) < 4.78 is 32.6. The number of methoxy groups -OCH3 is 1. The third-order valence-corrected chi connectivity index (χ3v) is 1.67. The van der Waals surface area contributed by atoms with Gasteiger partial charge in [0.05, 0.1) is 7.11 Å². The fourth-order valence-corrected chi connectivity index (χ4v) is 1.04. The minimum absolute atomic E-state index is 0. The molecule has 0 aliphatic rings. The largest absolute Gasteiger partial charge is 0.468 e. The molecule has 74 valence electrons. The number of ether oxygens (including phenoxy) is 1. The average molecular weight is 220 g/mol. The van der Waals surface area contributed by atoms with Crippen LogP contribution in [0.1, 0.15) is 0 Å². The van der Waals surface area contributed by atoms with Crippen molar-refractivity contribution in [2.45, 2.75) is 6.04 Å². The van der Waals surface area contributed by atoms with E-state index < -0.39 is 27.9 Å². The van der Waals surface area contributed by atoms with Crippen molar-refractivity contribution in [3.05, 3.63) is 0 Å². The minimum atomic E-state index is -4.20. The maximum atomic E-state index is 10.5. The van der Waals surface area contributed by atoms with Gasteiger partial charge in [-0.25, -0.2) is 0 Å². The molecule has 8 heteroatoms. The third kappa shape index (κ3) is 6.35. The third-order valence-electron chi connectivity index (χ3n) is 0.894. The van der Waals surface area contributed by atoms with Gasteiger partial charge in [-0.2, -0.15) is 8.42 Å². The van der Waals surface area contributed by atoms with E-state index in [1.165, 1.54) is 0 Å². The van der Waals surface area contributed by atoms with Crippen LogP contribution in [0.4, 0.5) is 0 Å². The zero-order chi connectivity index (χ0) is 9.07. The highest BCUT2D eigenvalue weighted by Gasteiger charge is 2.20. The Hall–Kier alpha value is -0.370. The van der Waals surface area contributed by atoms with Crippen molar-refractivity contribution in [3.8, 4) is 0 Å². The second kappa shape index (κ2) is 5.31. The molecule has 0 fully saturated rings. The fraction of sp³-hybridized carbons (Fsp3) is 0.750. The van der Waals surface area contributed by atoms with Crippen molar-refractivity contribution in [3.63, 3.8) is 0 Å². The maximum Gasteiger partial charge on any atom is 0.323 e. The zero-order valence-corrected chi connectivity index (χ0v) is 7.89. The summed E-state index contributed by atoms with van der Waals surface area (Å²) in [5.41, 5.74) is 5.00. The number of esters is 1. The van der Waals surface area contributed by atoms with E-state index in [1.54, 1.807) is 0 Å². The molecule has 0 saturated heterocycles. The highest BCUT2D eigenvalue weighted by atomic mass is 35.5. The van der Waals surface area contributed by atoms with Crippen LogP contribution in [0.3, 0.4) is 0 Å². The number of carbonyl (C=O) groups is 1. The molecular weight excluding hydrogens is 210 g/mol. The van der Waals surface area contributed by atoms with E-state index in [9.17, 15) is 13.2 Å². The monoisotopic (exact) mass is 219 g/mol. The van der Waals surface area contributed by atoms with Crippen LogP contribution in [0, 0.1) is 0 Å². The molecule has 12 heavy (non-hydrogen) atoms. The summed E-state index contributed by atoms with van der Waals surface area (Å²) in [6, 6.07) is -1.32. The number of halogens is 1. The van der Waals surface area contributed by atoms with Gasteiger partial charge in [0.25, 0.3) is 10.1 Å². The second-order valence-corrected chi connectivity index (χ2v) is 3.38. The standard InChI is InChI=1S/C4H9NO5S.ClH/c1-10-4(6)3(5)2-11(7,8)9;/h3H,2,5H2,1H3,(H,7,8,9);1H/t3-;/m0./s1. The fourth-order valence-electron chi connectivity index (χ4n) is 0.446. The molecule has 6 nitrogen and oxygen atoms in total. The Balaban J connectivity index is 0. The van der Waals surface area contributed by atoms with Gasteiger partial charge in [0.2, 0.25) is 0 Å². The van der Waals surface area contributed by atoms with Crippen molar-refractivity contribution in [2.75, 3.05) is 12.9 Å². The molecule has 0 radical (unpaired) electrons. The number of hydrogen-bond donors (Lipinski definition) is 2. The molecule has 0 heterocycles. The van der Waals surface area contributed by atoms with Gasteiger partial charge in [-0.3, -0.25) is 9.35 Å². The lowest BCUT2D eigenvalue weighted by Gasteiger charge is -2.05. The van der Waals surface area contributed by atoms with Crippen LogP contribution in [-0.4, -0.2) is 37.8 Å². The summed E-state index contributed by atoms with van der Waals surface area (Å²) in [4.78, 5) is 10.5. The predicted octanol–water partition coefficient (Wildman–Crippen LogP) is -1.20. The smallest absolute Gasteiger partial charge is 0.323 e. The Morgan fingerprint density at radius 2 is 2.08 bits per heavy atom. The lowest BCUT2D eigenvalue weighted by molar-refractivity contribution is -0.141. The first-order chi connectivity index (χ1) is 4.87. The summed E-state index contributed by atoms with van der Waals surface area (Å²) in [7, 11) is -3.13. The van der Waals surface area contributed by atoms with E-state index in [4.69, 9.17) is 10.3 Å². The highest BCUT2D eigenvalue weighted by molar-refractivity contribution is 7.85. The van der Waals surface area contributed by atoms with Crippen molar-refractivity contribution in [1.82, 2.24) is 0 Å². The summed E-state index contributed by atoms with van der Waals surface area (Å²) in [5.74, 6) is -1.69. The Morgan fingerprint density at radius 3 is 2.33 bits per heavy atom. The van der Waals surface area contributed by atoms with Crippen molar-refractivity contribution in [2.24, 2.45) is 5.73 Å². The van der Waals surface area contributed by atoms with E-state index in [1.807, 2.05) is 0 Å². The molecule has 0 aromatic rings. The first kappa shape index (κ1) is 14.2. The summed E-state index contributed by atoms with van der Waals surface area (Å²) in [6.45, 7) is 0. The summed E-state index contributed by atoms with van der Waals surface area (Å²) in [5, 5.41) is 0. The molecule has 0 aliphatic heterocycles. The van der Waals surface area contributed by atoms with Crippen LogP contribution >= 0.6 is 12.4 Å². The van der Waals surface area contributed by atoms with Crippen molar-refractivity contribution >= 4 is 28.5 Å². The van der Waals surface area contributed by atoms with Crippen molar-refractivity contribution < 1.29 is 22.5 Å². The number of nitrogens with two attached hydrogens (primary N) is 1. The Kier molecular flexibility index (Phi) is 6.27. The molecule has 0 unspecified atom stereocenters. The highest BCUT2D eigenvalue weighted by Crippen LogP contribution is 1.89. The Morgan fingerprint density at radius 1 is 1.67 bits per heavy atom. The van der Waals surface area contributed by atoms with E-state index in [-0.39, 0.29) is 12.4 Å². The number of rotatable bonds is 3. The average Bonchev–Trinajstić information content (AvgIpc) is 1.82. The molecule has 0 aliphatic carbocycles. The number of hydrogen-bond acceptors (Lipinski definition) is 5. The van der Waals surface area contributed by atoms with Crippen LogP contribution in [0.25, 0.3) is 0 Å². The van der Waals surface area contributed by atoms with Crippen LogP contribution in [0.15, 0.2) is 0 Å². The summed E-state index contributed by atoms with van der Waals surface area (Å²) >= 11 is 0. The van der Waals surface area contributed by atoms with Gasteiger partial charge in [-0.05, 0) is 0 Å². The SMILES string of the molecule is COC(=O)[C@@H](N)CS(=O)(=O)O.Cl. The summed E-state index contributed by atoms with van der Waals surface area (Å²) in [6.07, 6.45) is 0. The van der Waals surface area contributed by atoms with Crippen LogP contribution in [0.5, 0.6) is 0 Å². The molecule has 1 atom stereocenters. The Bertz CT molecular complexity index is 238. The van der Waals surface area contributed by atoms with Crippen LogP contribution in [0.2, 0.25) is 0 Å². The van der Waals surface area contributed by atoms with Crippen LogP contribution in [-0.2, 0) is 19.6 Å². The van der Waals surface area contributed by atoms with Gasteiger partial charge in [0.15, 0.2) is 0 Å². The van der Waals surface area contributed by atoms with Gasteiger partial charge in [0, 0.05) is 0 Å². The van der Waals surface area contributed by atoms with Gasteiger partial charge in [0.1, 0.15) is 11.8 Å². The molecule has 0 rings (SSSR count). The molecule has 0 saturated carbocycles.